The largest absolute Gasteiger partial charge is 0.444 e. The minimum atomic E-state index is -0.865. The van der Waals surface area contributed by atoms with E-state index in [4.69, 9.17) is 4.74 Å². The highest BCUT2D eigenvalue weighted by Gasteiger charge is 2.31. The van der Waals surface area contributed by atoms with Crippen LogP contribution in [-0.4, -0.2) is 35.7 Å². The fourth-order valence-corrected chi connectivity index (χ4v) is 2.51. The Balaban J connectivity index is 2.05. The smallest absolute Gasteiger partial charge is 0.407 e. The lowest BCUT2D eigenvalue weighted by Gasteiger charge is -2.22. The molecule has 1 amide bonds. The molecule has 8 heteroatoms. The molecule has 23 heavy (non-hydrogen) atoms. The summed E-state index contributed by atoms with van der Waals surface area (Å²) >= 11 is 0. The first-order chi connectivity index (χ1) is 10.7. The summed E-state index contributed by atoms with van der Waals surface area (Å²) in [6.07, 6.45) is 0.0745. The Morgan fingerprint density at radius 2 is 2.17 bits per heavy atom. The number of nitrogens with zero attached hydrogens (tertiary/aromatic N) is 2. The van der Waals surface area contributed by atoms with Crippen molar-refractivity contribution in [2.45, 2.75) is 38.8 Å². The lowest BCUT2D eigenvalue weighted by Crippen LogP contribution is -2.40. The number of ether oxygens (including phenoxy) is 1. The fraction of sp³-hybridized carbons (Fsp3) is 0.533. The fourth-order valence-electron chi connectivity index (χ4n) is 2.51. The molecule has 1 aliphatic heterocycles. The standard InChI is InChI=1S/C15H20FN3O4/c1-15(2,3)23-14(20)17-10-7-8-18(9-10)12-6-4-5-11(16)13(12)19(21)22/h4-6,10H,7-9H2,1-3H3,(H,17,20)/t10-/m0/s1. The number of hydrogen-bond acceptors (Lipinski definition) is 5. The summed E-state index contributed by atoms with van der Waals surface area (Å²) in [5.74, 6) is -0.865. The van der Waals surface area contributed by atoms with Crippen LogP contribution < -0.4 is 10.2 Å². The third-order valence-corrected chi connectivity index (χ3v) is 3.40. The maximum Gasteiger partial charge on any atom is 0.407 e. The van der Waals surface area contributed by atoms with Crippen molar-refractivity contribution in [2.24, 2.45) is 0 Å². The molecule has 1 N–H and O–H groups in total. The van der Waals surface area contributed by atoms with Crippen molar-refractivity contribution in [1.29, 1.82) is 0 Å². The summed E-state index contributed by atoms with van der Waals surface area (Å²) in [5.41, 5.74) is -0.905. The van der Waals surface area contributed by atoms with Crippen LogP contribution in [0.1, 0.15) is 27.2 Å². The minimum absolute atomic E-state index is 0.201. The van der Waals surface area contributed by atoms with E-state index in [0.29, 0.717) is 19.5 Å². The van der Waals surface area contributed by atoms with E-state index in [1.54, 1.807) is 25.7 Å². The summed E-state index contributed by atoms with van der Waals surface area (Å²) < 4.78 is 18.9. The number of nitro groups is 1. The van der Waals surface area contributed by atoms with E-state index in [0.717, 1.165) is 6.07 Å². The van der Waals surface area contributed by atoms with Crippen LogP contribution in [0.3, 0.4) is 0 Å². The molecular weight excluding hydrogens is 305 g/mol. The van der Waals surface area contributed by atoms with Gasteiger partial charge in [-0.05, 0) is 39.3 Å². The molecule has 0 aliphatic carbocycles. The van der Waals surface area contributed by atoms with Gasteiger partial charge in [0.2, 0.25) is 5.82 Å². The third kappa shape index (κ3) is 4.30. The predicted molar refractivity (Wildman–Crippen MR) is 83.0 cm³/mol. The van der Waals surface area contributed by atoms with Crippen LogP contribution >= 0.6 is 0 Å². The van der Waals surface area contributed by atoms with E-state index in [1.165, 1.54) is 12.1 Å². The Morgan fingerprint density at radius 1 is 1.48 bits per heavy atom. The van der Waals surface area contributed by atoms with Crippen LogP contribution in [-0.2, 0) is 4.74 Å². The van der Waals surface area contributed by atoms with Crippen molar-refractivity contribution in [3.8, 4) is 0 Å². The first-order valence-corrected chi connectivity index (χ1v) is 7.35. The van der Waals surface area contributed by atoms with Crippen molar-refractivity contribution < 1.29 is 18.8 Å². The second kappa shape index (κ2) is 6.39. The number of carbonyl (C=O) groups is 1. The van der Waals surface area contributed by atoms with Gasteiger partial charge in [0.05, 0.1) is 11.0 Å². The number of anilines is 1. The monoisotopic (exact) mass is 325 g/mol. The predicted octanol–water partition coefficient (Wildman–Crippen LogP) is 2.84. The van der Waals surface area contributed by atoms with E-state index in [2.05, 4.69) is 5.32 Å². The Labute approximate surface area is 133 Å². The zero-order valence-electron chi connectivity index (χ0n) is 13.3. The van der Waals surface area contributed by atoms with Crippen molar-refractivity contribution in [3.63, 3.8) is 0 Å². The molecule has 7 nitrogen and oxygen atoms in total. The topological polar surface area (TPSA) is 84.7 Å². The van der Waals surface area contributed by atoms with Crippen LogP contribution in [0.25, 0.3) is 0 Å². The zero-order valence-corrected chi connectivity index (χ0v) is 13.3. The highest BCUT2D eigenvalue weighted by atomic mass is 19.1. The number of benzene rings is 1. The quantitative estimate of drug-likeness (QED) is 0.682. The van der Waals surface area contributed by atoms with Crippen LogP contribution in [0.15, 0.2) is 18.2 Å². The molecule has 0 unspecified atom stereocenters. The van der Waals surface area contributed by atoms with Gasteiger partial charge >= 0.3 is 11.8 Å². The second-order valence-corrected chi connectivity index (χ2v) is 6.44. The van der Waals surface area contributed by atoms with E-state index < -0.39 is 28.1 Å². The number of nitrogens with one attached hydrogen (secondary N) is 1. The maximum absolute atomic E-state index is 13.7. The van der Waals surface area contributed by atoms with E-state index in [9.17, 15) is 19.3 Å². The molecule has 1 fully saturated rings. The summed E-state index contributed by atoms with van der Waals surface area (Å²) in [7, 11) is 0. The molecule has 0 aromatic heterocycles. The van der Waals surface area contributed by atoms with Crippen LogP contribution in [0.5, 0.6) is 0 Å². The normalized spacial score (nSPS) is 17.9. The number of amides is 1. The number of alkyl carbamates (subject to hydrolysis) is 1. The van der Waals surface area contributed by atoms with Gasteiger partial charge in [0.1, 0.15) is 11.3 Å². The van der Waals surface area contributed by atoms with Gasteiger partial charge in [0.15, 0.2) is 0 Å². The number of halogens is 1. The molecule has 2 rings (SSSR count). The average molecular weight is 325 g/mol. The summed E-state index contributed by atoms with van der Waals surface area (Å²) in [5, 5.41) is 13.8. The number of hydrogen-bond donors (Lipinski definition) is 1. The number of para-hydroxylation sites is 1. The van der Waals surface area contributed by atoms with Gasteiger partial charge in [-0.15, -0.1) is 0 Å². The molecule has 0 spiro atoms. The summed E-state index contributed by atoms with van der Waals surface area (Å²) in [6.45, 7) is 6.16. The van der Waals surface area contributed by atoms with Crippen molar-refractivity contribution in [2.75, 3.05) is 18.0 Å². The molecule has 1 aliphatic rings. The lowest BCUT2D eigenvalue weighted by atomic mass is 10.2. The van der Waals surface area contributed by atoms with Crippen LogP contribution in [0.2, 0.25) is 0 Å². The van der Waals surface area contributed by atoms with Crippen molar-refractivity contribution in [1.82, 2.24) is 5.32 Å². The molecule has 0 bridgehead atoms. The van der Waals surface area contributed by atoms with Gasteiger partial charge in [-0.1, -0.05) is 6.07 Å². The average Bonchev–Trinajstić information content (AvgIpc) is 2.83. The zero-order chi connectivity index (χ0) is 17.2. The first kappa shape index (κ1) is 17.0. The Morgan fingerprint density at radius 3 is 2.78 bits per heavy atom. The Hall–Kier alpha value is -2.38. The second-order valence-electron chi connectivity index (χ2n) is 6.44. The SMILES string of the molecule is CC(C)(C)OC(=O)N[C@H]1CCN(c2cccc(F)c2[N+](=O)[O-])C1. The van der Waals surface area contributed by atoms with E-state index in [1.807, 2.05) is 0 Å². The van der Waals surface area contributed by atoms with Crippen LogP contribution in [0, 0.1) is 15.9 Å². The highest BCUT2D eigenvalue weighted by molar-refractivity contribution is 5.69. The molecular formula is C15H20FN3O4. The molecule has 1 aromatic rings. The van der Waals surface area contributed by atoms with Gasteiger partial charge in [0, 0.05) is 13.1 Å². The molecule has 0 saturated carbocycles. The first-order valence-electron chi connectivity index (χ1n) is 7.35. The molecule has 0 radical (unpaired) electrons. The maximum atomic E-state index is 13.7. The number of rotatable bonds is 3. The summed E-state index contributed by atoms with van der Waals surface area (Å²) in [4.78, 5) is 23.8. The number of nitro benzene ring substituents is 1. The Bertz CT molecular complexity index is 615. The molecule has 1 heterocycles. The van der Waals surface area contributed by atoms with Gasteiger partial charge in [-0.2, -0.15) is 4.39 Å². The van der Waals surface area contributed by atoms with Crippen molar-refractivity contribution >= 4 is 17.5 Å². The number of carbonyl (C=O) groups excluding carboxylic acids is 1. The van der Waals surface area contributed by atoms with E-state index in [-0.39, 0.29) is 11.7 Å². The Kier molecular flexibility index (Phi) is 4.72. The molecule has 1 saturated heterocycles. The lowest BCUT2D eigenvalue weighted by molar-refractivity contribution is -0.386. The molecule has 1 aromatic carbocycles. The third-order valence-electron chi connectivity index (χ3n) is 3.40. The van der Waals surface area contributed by atoms with Gasteiger partial charge in [-0.25, -0.2) is 4.79 Å². The minimum Gasteiger partial charge on any atom is -0.444 e. The van der Waals surface area contributed by atoms with Crippen LogP contribution in [0.4, 0.5) is 20.6 Å². The molecule has 126 valence electrons. The van der Waals surface area contributed by atoms with Gasteiger partial charge < -0.3 is 15.0 Å². The molecule has 1 atom stereocenters. The van der Waals surface area contributed by atoms with Gasteiger partial charge in [-0.3, -0.25) is 10.1 Å². The van der Waals surface area contributed by atoms with Gasteiger partial charge in [0.25, 0.3) is 0 Å². The van der Waals surface area contributed by atoms with Crippen molar-refractivity contribution in [3.05, 3.63) is 34.1 Å². The highest BCUT2D eigenvalue weighted by Crippen LogP contribution is 2.32. The summed E-state index contributed by atoms with van der Waals surface area (Å²) in [6, 6.07) is 3.81. The van der Waals surface area contributed by atoms with E-state index >= 15 is 0 Å².